The number of nitrogens with one attached hydrogen (secondary N) is 2. The molecule has 242 valence electrons. The topological polar surface area (TPSA) is 119 Å². The highest BCUT2D eigenvalue weighted by atomic mass is 16.6. The van der Waals surface area contributed by atoms with Crippen LogP contribution in [0.25, 0.3) is 22.0 Å². The van der Waals surface area contributed by atoms with Gasteiger partial charge in [0.25, 0.3) is 0 Å². The molecule has 10 nitrogen and oxygen atoms in total. The Kier molecular flexibility index (Phi) is 9.46. The van der Waals surface area contributed by atoms with Gasteiger partial charge in [-0.1, -0.05) is 45.0 Å². The van der Waals surface area contributed by atoms with Crippen LogP contribution in [-0.2, 0) is 9.53 Å². The van der Waals surface area contributed by atoms with Gasteiger partial charge in [0, 0.05) is 54.4 Å². The number of likely N-dealkylation sites (tertiary alicyclic amines) is 1. The maximum atomic E-state index is 12.8. The Labute approximate surface area is 270 Å². The molecule has 2 amide bonds. The van der Waals surface area contributed by atoms with Crippen LogP contribution in [0.5, 0.6) is 11.6 Å². The van der Waals surface area contributed by atoms with Crippen molar-refractivity contribution in [3.05, 3.63) is 66.5 Å². The van der Waals surface area contributed by atoms with E-state index in [9.17, 15) is 9.59 Å². The van der Waals surface area contributed by atoms with Gasteiger partial charge in [0.2, 0.25) is 17.7 Å². The summed E-state index contributed by atoms with van der Waals surface area (Å²) in [6.07, 6.45) is 5.22. The maximum absolute atomic E-state index is 12.8. The van der Waals surface area contributed by atoms with E-state index in [0.29, 0.717) is 48.3 Å². The van der Waals surface area contributed by atoms with Crippen molar-refractivity contribution in [1.82, 2.24) is 19.9 Å². The van der Waals surface area contributed by atoms with Gasteiger partial charge in [0.15, 0.2) is 0 Å². The Morgan fingerprint density at radius 3 is 2.52 bits per heavy atom. The van der Waals surface area contributed by atoms with Gasteiger partial charge in [-0.25, -0.2) is 19.7 Å². The van der Waals surface area contributed by atoms with Gasteiger partial charge < -0.3 is 25.0 Å². The van der Waals surface area contributed by atoms with Crippen LogP contribution in [0.4, 0.5) is 16.4 Å². The zero-order chi connectivity index (χ0) is 33.1. The van der Waals surface area contributed by atoms with Crippen molar-refractivity contribution in [2.24, 2.45) is 5.41 Å². The second kappa shape index (κ2) is 13.3. The number of amides is 2. The third-order valence-corrected chi connectivity index (χ3v) is 7.48. The van der Waals surface area contributed by atoms with Gasteiger partial charge in [0.1, 0.15) is 11.4 Å². The second-order valence-corrected chi connectivity index (χ2v) is 14.0. The van der Waals surface area contributed by atoms with Gasteiger partial charge in [-0.15, -0.1) is 0 Å². The molecule has 2 aromatic carbocycles. The molecule has 0 spiro atoms. The molecule has 5 rings (SSSR count). The lowest BCUT2D eigenvalue weighted by Gasteiger charge is -2.34. The number of fused-ring (bicyclic) bond motifs is 1. The lowest BCUT2D eigenvalue weighted by atomic mass is 9.92. The van der Waals surface area contributed by atoms with Gasteiger partial charge >= 0.3 is 6.09 Å². The van der Waals surface area contributed by atoms with E-state index in [2.05, 4.69) is 20.6 Å². The number of aromatic nitrogens is 3. The molecule has 10 heteroatoms. The van der Waals surface area contributed by atoms with Gasteiger partial charge in [-0.05, 0) is 75.8 Å². The zero-order valence-electron chi connectivity index (χ0n) is 27.8. The molecule has 1 aliphatic rings. The van der Waals surface area contributed by atoms with Crippen molar-refractivity contribution in [1.29, 1.82) is 0 Å². The smallest absolute Gasteiger partial charge is 0.410 e. The number of carbonyl (C=O) groups is 2. The normalized spacial score (nSPS) is 15.4. The van der Waals surface area contributed by atoms with Crippen LogP contribution in [-0.4, -0.2) is 56.6 Å². The van der Waals surface area contributed by atoms with Crippen molar-refractivity contribution in [2.75, 3.05) is 23.7 Å². The van der Waals surface area contributed by atoms with E-state index in [1.165, 1.54) is 0 Å². The van der Waals surface area contributed by atoms with Crippen LogP contribution < -0.4 is 15.4 Å². The highest BCUT2D eigenvalue weighted by molar-refractivity contribution is 6.04. The van der Waals surface area contributed by atoms with E-state index in [-0.39, 0.29) is 23.5 Å². The molecule has 0 radical (unpaired) electrons. The maximum Gasteiger partial charge on any atom is 0.410 e. The summed E-state index contributed by atoms with van der Waals surface area (Å²) in [7, 11) is 0. The predicted octanol–water partition coefficient (Wildman–Crippen LogP) is 7.98. The predicted molar refractivity (Wildman–Crippen MR) is 181 cm³/mol. The second-order valence-electron chi connectivity index (χ2n) is 14.0. The summed E-state index contributed by atoms with van der Waals surface area (Å²) in [5.41, 5.74) is 2.35. The number of anilines is 2. The number of aryl methyl sites for hydroxylation is 1. The summed E-state index contributed by atoms with van der Waals surface area (Å²) in [5, 5.41) is 8.24. The van der Waals surface area contributed by atoms with E-state index in [1.54, 1.807) is 17.3 Å². The van der Waals surface area contributed by atoms with Gasteiger partial charge in [-0.2, -0.15) is 0 Å². The molecule has 1 atom stereocenters. The van der Waals surface area contributed by atoms with E-state index in [0.717, 1.165) is 34.9 Å². The van der Waals surface area contributed by atoms with E-state index < -0.39 is 5.60 Å². The lowest BCUT2D eigenvalue weighted by Crippen LogP contribution is -2.47. The van der Waals surface area contributed by atoms with Crippen LogP contribution in [0.2, 0.25) is 0 Å². The molecular weight excluding hydrogens is 580 g/mol. The minimum atomic E-state index is -0.548. The molecule has 2 aromatic heterocycles. The van der Waals surface area contributed by atoms with E-state index in [1.807, 2.05) is 97.0 Å². The Balaban J connectivity index is 1.38. The van der Waals surface area contributed by atoms with Crippen molar-refractivity contribution < 1.29 is 19.1 Å². The lowest BCUT2D eigenvalue weighted by molar-refractivity contribution is -0.117. The largest absolute Gasteiger partial charge is 0.444 e. The summed E-state index contributed by atoms with van der Waals surface area (Å²) in [5.74, 6) is 1.48. The molecule has 1 fully saturated rings. The van der Waals surface area contributed by atoms with Crippen LogP contribution in [0.1, 0.15) is 66.4 Å². The number of carbonyl (C=O) groups excluding carboxylic acids is 2. The third kappa shape index (κ3) is 8.29. The number of piperidine rings is 1. The summed E-state index contributed by atoms with van der Waals surface area (Å²) < 4.78 is 12.1. The van der Waals surface area contributed by atoms with E-state index >= 15 is 0 Å². The number of rotatable bonds is 7. The summed E-state index contributed by atoms with van der Waals surface area (Å²) in [4.78, 5) is 41.0. The Morgan fingerprint density at radius 1 is 0.957 bits per heavy atom. The van der Waals surface area contributed by atoms with Crippen molar-refractivity contribution in [3.63, 3.8) is 0 Å². The first kappa shape index (κ1) is 32.7. The number of ether oxygens (including phenoxy) is 2. The fourth-order valence-corrected chi connectivity index (χ4v) is 5.47. The molecule has 46 heavy (non-hydrogen) atoms. The fourth-order valence-electron chi connectivity index (χ4n) is 5.47. The van der Waals surface area contributed by atoms with Crippen LogP contribution in [0.15, 0.2) is 60.9 Å². The van der Waals surface area contributed by atoms with Crippen LogP contribution >= 0.6 is 0 Å². The quantitative estimate of drug-likeness (QED) is 0.212. The van der Waals surface area contributed by atoms with Crippen molar-refractivity contribution in [2.45, 2.75) is 79.4 Å². The Hall–Kier alpha value is -4.73. The van der Waals surface area contributed by atoms with Crippen LogP contribution in [0.3, 0.4) is 0 Å². The molecule has 3 heterocycles. The molecular formula is C36H44N6O4. The SMILES string of the molecule is Cc1ccc2c(NC(=O)CC(C)(C)C)cccc2c1Oc1ncccc1-c1ccnc(NC2CCCN(C(=O)OC(C)(C)C)C2)n1. The number of nitrogens with zero attached hydrogens (tertiary/aromatic N) is 4. The molecule has 4 aromatic rings. The molecule has 0 saturated carbocycles. The highest BCUT2D eigenvalue weighted by Gasteiger charge is 2.28. The summed E-state index contributed by atoms with van der Waals surface area (Å²) in [6.45, 7) is 14.9. The monoisotopic (exact) mass is 624 g/mol. The number of hydrogen-bond acceptors (Lipinski definition) is 8. The number of pyridine rings is 1. The molecule has 1 unspecified atom stereocenters. The average molecular weight is 625 g/mol. The minimum absolute atomic E-state index is 0.0162. The average Bonchev–Trinajstić information content (AvgIpc) is 2.97. The highest BCUT2D eigenvalue weighted by Crippen LogP contribution is 2.39. The minimum Gasteiger partial charge on any atom is -0.444 e. The van der Waals surface area contributed by atoms with Gasteiger partial charge in [0.05, 0.1) is 11.3 Å². The molecule has 1 saturated heterocycles. The summed E-state index contributed by atoms with van der Waals surface area (Å²) in [6, 6.07) is 15.4. The number of benzene rings is 2. The number of hydrogen-bond donors (Lipinski definition) is 2. The zero-order valence-corrected chi connectivity index (χ0v) is 27.8. The van der Waals surface area contributed by atoms with E-state index in [4.69, 9.17) is 14.5 Å². The Bertz CT molecular complexity index is 1730. The fraction of sp³-hybridized carbons (Fsp3) is 0.417. The Morgan fingerprint density at radius 2 is 1.76 bits per heavy atom. The molecule has 0 bridgehead atoms. The standard InChI is InChI=1S/C36H44N6O4/c1-23-15-16-25-26(12-8-14-28(25)40-30(43)21-35(2,3)4)31(23)45-32-27(13-9-18-37-32)29-17-19-38-33(41-29)39-24-11-10-20-42(22-24)34(44)46-36(5,6)7/h8-9,12-19,24H,10-11,20-22H2,1-7H3,(H,40,43)(H,38,39,41). The first-order chi connectivity index (χ1) is 21.8. The molecule has 0 aliphatic carbocycles. The summed E-state index contributed by atoms with van der Waals surface area (Å²) >= 11 is 0. The molecule has 1 aliphatic heterocycles. The van der Waals surface area contributed by atoms with Crippen LogP contribution in [0, 0.1) is 12.3 Å². The first-order valence-corrected chi connectivity index (χ1v) is 15.8. The molecule has 2 N–H and O–H groups in total. The third-order valence-electron chi connectivity index (χ3n) is 7.48. The first-order valence-electron chi connectivity index (χ1n) is 15.8. The van der Waals surface area contributed by atoms with Crippen molar-refractivity contribution >= 4 is 34.4 Å². The van der Waals surface area contributed by atoms with Crippen molar-refractivity contribution in [3.8, 4) is 22.9 Å². The van der Waals surface area contributed by atoms with Gasteiger partial charge in [-0.3, -0.25) is 4.79 Å².